The van der Waals surface area contributed by atoms with Gasteiger partial charge in [0.05, 0.1) is 6.04 Å². The molecule has 1 aromatic rings. The van der Waals surface area contributed by atoms with Crippen molar-refractivity contribution in [2.45, 2.75) is 12.5 Å². The Balaban J connectivity index is 2.25. The Kier molecular flexibility index (Phi) is 6.35. The van der Waals surface area contributed by atoms with E-state index in [2.05, 4.69) is 17.2 Å². The van der Waals surface area contributed by atoms with E-state index in [1.165, 1.54) is 22.6 Å². The number of rotatable bonds is 4. The van der Waals surface area contributed by atoms with Crippen molar-refractivity contribution in [2.24, 2.45) is 5.92 Å². The molecule has 0 bridgehead atoms. The van der Waals surface area contributed by atoms with E-state index in [1.54, 1.807) is 10.7 Å². The third kappa shape index (κ3) is 4.73. The average Bonchev–Trinajstić information content (AvgIpc) is 2.44. The third-order valence-corrected chi connectivity index (χ3v) is 5.46. The lowest BCUT2D eigenvalue weighted by molar-refractivity contribution is 0.224. The first-order valence-corrected chi connectivity index (χ1v) is 10.2. The van der Waals surface area contributed by atoms with Crippen molar-refractivity contribution >= 4 is 28.1 Å². The number of hydrogen-bond donors (Lipinski definition) is 5. The lowest BCUT2D eigenvalue weighted by Crippen LogP contribution is -2.42. The van der Waals surface area contributed by atoms with Crippen LogP contribution in [0.1, 0.15) is 12.5 Å². The lowest BCUT2D eigenvalue weighted by atomic mass is 9.96. The van der Waals surface area contributed by atoms with Crippen molar-refractivity contribution in [1.29, 1.82) is 0 Å². The van der Waals surface area contributed by atoms with Crippen LogP contribution in [0.4, 0.5) is 0 Å². The maximum absolute atomic E-state index is 11.9. The Morgan fingerprint density at radius 1 is 1.32 bits per heavy atom. The second kappa shape index (κ2) is 7.84. The second-order valence-corrected chi connectivity index (χ2v) is 8.08. The Labute approximate surface area is 134 Å². The first-order valence-electron chi connectivity index (χ1n) is 6.46. The van der Waals surface area contributed by atoms with Crippen LogP contribution in [-0.2, 0) is 0 Å². The van der Waals surface area contributed by atoms with Crippen molar-refractivity contribution in [1.82, 2.24) is 14.2 Å². The van der Waals surface area contributed by atoms with E-state index in [1.807, 2.05) is 0 Å². The highest BCUT2D eigenvalue weighted by molar-refractivity contribution is 8.42. The summed E-state index contributed by atoms with van der Waals surface area (Å²) in [5.41, 5.74) is -0.967. The zero-order valence-electron chi connectivity index (χ0n) is 11.5. The summed E-state index contributed by atoms with van der Waals surface area (Å²) >= 11 is 4.07. The molecule has 122 valence electrons. The van der Waals surface area contributed by atoms with E-state index in [0.717, 1.165) is 0 Å². The van der Waals surface area contributed by atoms with Gasteiger partial charge in [-0.1, -0.05) is 6.08 Å². The Morgan fingerprint density at radius 3 is 2.64 bits per heavy atom. The molecule has 2 rings (SSSR count). The molecular formula is C11H17N3O5P2S. The molecule has 3 unspecified atom stereocenters. The van der Waals surface area contributed by atoms with E-state index in [9.17, 15) is 14.5 Å². The van der Waals surface area contributed by atoms with Crippen LogP contribution in [0.3, 0.4) is 0 Å². The summed E-state index contributed by atoms with van der Waals surface area (Å²) in [4.78, 5) is 53.0. The zero-order valence-corrected chi connectivity index (χ0v) is 14.2. The molecule has 3 atom stereocenters. The van der Waals surface area contributed by atoms with Gasteiger partial charge in [-0.2, -0.15) is 0 Å². The van der Waals surface area contributed by atoms with Gasteiger partial charge in [0.25, 0.3) is 5.56 Å². The van der Waals surface area contributed by atoms with E-state index < -0.39 is 27.1 Å². The van der Waals surface area contributed by atoms with Gasteiger partial charge in [-0.25, -0.2) is 9.46 Å². The molecule has 1 aliphatic rings. The summed E-state index contributed by atoms with van der Waals surface area (Å²) in [7, 11) is -3.74. The number of nitrogens with one attached hydrogen (secondary N) is 1. The second-order valence-electron chi connectivity index (χ2n) is 4.97. The van der Waals surface area contributed by atoms with Crippen molar-refractivity contribution in [2.75, 3.05) is 13.1 Å². The minimum atomic E-state index is -2.13. The smallest absolute Gasteiger partial charge is 0.328 e. The molecule has 1 saturated heterocycles. The largest absolute Gasteiger partial charge is 0.351 e. The minimum Gasteiger partial charge on any atom is -0.351 e. The quantitative estimate of drug-likeness (QED) is 0.388. The van der Waals surface area contributed by atoms with Crippen molar-refractivity contribution in [3.63, 3.8) is 0 Å². The van der Waals surface area contributed by atoms with Gasteiger partial charge in [0, 0.05) is 25.4 Å². The molecule has 1 fully saturated rings. The molecule has 1 aliphatic heterocycles. The highest BCUT2D eigenvalue weighted by Gasteiger charge is 2.30. The van der Waals surface area contributed by atoms with Gasteiger partial charge in [-0.05, 0) is 18.2 Å². The molecule has 0 aliphatic carbocycles. The van der Waals surface area contributed by atoms with Crippen LogP contribution in [0.15, 0.2) is 33.7 Å². The number of hydrogen-bond acceptors (Lipinski definition) is 7. The monoisotopic (exact) mass is 365 g/mol. The molecule has 4 N–H and O–H groups in total. The van der Waals surface area contributed by atoms with Gasteiger partial charge >= 0.3 is 5.69 Å². The van der Waals surface area contributed by atoms with Gasteiger partial charge in [0.2, 0.25) is 0 Å². The maximum atomic E-state index is 11.9. The number of nitrogens with zero attached hydrogens (tertiary/aromatic N) is 2. The predicted molar refractivity (Wildman–Crippen MR) is 88.7 cm³/mol. The highest BCUT2D eigenvalue weighted by atomic mass is 32.7. The number of aromatic amines is 1. The Hall–Kier alpha value is -0.530. The van der Waals surface area contributed by atoms with Crippen LogP contribution in [-0.4, -0.2) is 42.0 Å². The molecule has 0 spiro atoms. The topological polar surface area (TPSA) is 119 Å². The Morgan fingerprint density at radius 2 is 2.05 bits per heavy atom. The average molecular weight is 365 g/mol. The molecule has 8 nitrogen and oxygen atoms in total. The fourth-order valence-electron chi connectivity index (χ4n) is 2.49. The van der Waals surface area contributed by atoms with Gasteiger partial charge in [0.1, 0.15) is 0 Å². The number of aromatic nitrogens is 2. The maximum Gasteiger partial charge on any atom is 0.328 e. The molecule has 0 aromatic carbocycles. The number of piperidine rings is 1. The fraction of sp³-hybridized carbons (Fsp3) is 0.455. The summed E-state index contributed by atoms with van der Waals surface area (Å²) in [6.07, 6.45) is 3.69. The van der Waals surface area contributed by atoms with Crippen LogP contribution in [0, 0.1) is 5.92 Å². The summed E-state index contributed by atoms with van der Waals surface area (Å²) in [6.45, 7) is 0.939. The molecule has 0 radical (unpaired) electrons. The van der Waals surface area contributed by atoms with Crippen LogP contribution < -0.4 is 11.2 Å². The molecule has 0 saturated carbocycles. The van der Waals surface area contributed by atoms with E-state index in [0.29, 0.717) is 19.5 Å². The lowest BCUT2D eigenvalue weighted by Gasteiger charge is -2.37. The van der Waals surface area contributed by atoms with Gasteiger partial charge in [-0.3, -0.25) is 14.3 Å². The number of H-pyrrole nitrogens is 1. The first kappa shape index (κ1) is 17.8. The molecule has 11 heteroatoms. The normalized spacial score (nSPS) is 25.0. The predicted octanol–water partition coefficient (Wildman–Crippen LogP) is 0.359. The van der Waals surface area contributed by atoms with Crippen molar-refractivity contribution in [3.05, 3.63) is 45.0 Å². The van der Waals surface area contributed by atoms with Gasteiger partial charge < -0.3 is 14.7 Å². The van der Waals surface area contributed by atoms with E-state index >= 15 is 0 Å². The van der Waals surface area contributed by atoms with Gasteiger partial charge in [0.15, 0.2) is 15.9 Å². The molecule has 1 aromatic heterocycles. The van der Waals surface area contributed by atoms with Gasteiger partial charge in [-0.15, -0.1) is 12.2 Å². The van der Waals surface area contributed by atoms with Crippen molar-refractivity contribution in [3.8, 4) is 0 Å². The number of thiol groups is 1. The minimum absolute atomic E-state index is 0.0637. The zero-order chi connectivity index (χ0) is 16.3. The van der Waals surface area contributed by atoms with Crippen molar-refractivity contribution < 1.29 is 14.7 Å². The fourth-order valence-corrected chi connectivity index (χ4v) is 4.01. The standard InChI is InChI=1S/C11H17N3O5P2S/c15-10-1-3-14(11(16)12-10)9-5-8(2-4-20(17)18)6-13(7-9)21(19)22/h1-4,8-9,17-19,22H,5-7H2,(H,12,15,16)/b4-2+. The van der Waals surface area contributed by atoms with Crippen LogP contribution in [0.2, 0.25) is 0 Å². The summed E-state index contributed by atoms with van der Waals surface area (Å²) in [6, 6.07) is 1.02. The van der Waals surface area contributed by atoms with E-state index in [4.69, 9.17) is 9.79 Å². The Bertz CT molecular complexity index is 647. The SMILES string of the molecule is O=c1ccn(C2CC(/C=C/P(O)O)CN(P(O)S)C2)c(=O)[nH]1. The molecular weight excluding hydrogens is 348 g/mol. The van der Waals surface area contributed by atoms with Crippen LogP contribution >= 0.6 is 28.1 Å². The summed E-state index contributed by atoms with van der Waals surface area (Å²) in [5.74, 6) is 1.25. The third-order valence-electron chi connectivity index (χ3n) is 3.43. The van der Waals surface area contributed by atoms with Crippen LogP contribution in [0.5, 0.6) is 0 Å². The molecule has 22 heavy (non-hydrogen) atoms. The first-order chi connectivity index (χ1) is 10.4. The van der Waals surface area contributed by atoms with E-state index in [-0.39, 0.29) is 12.0 Å². The van der Waals surface area contributed by atoms with Crippen LogP contribution in [0.25, 0.3) is 0 Å². The molecule has 2 heterocycles. The molecule has 0 amide bonds. The summed E-state index contributed by atoms with van der Waals surface area (Å²) < 4.78 is 3.15. The summed E-state index contributed by atoms with van der Waals surface area (Å²) in [5, 5.41) is 0. The highest BCUT2D eigenvalue weighted by Crippen LogP contribution is 2.45.